The molecule has 1 aromatic heterocycles. The summed E-state index contributed by atoms with van der Waals surface area (Å²) in [5.74, 6) is -0.215. The van der Waals surface area contributed by atoms with Gasteiger partial charge in [-0.15, -0.1) is 11.8 Å². The lowest BCUT2D eigenvalue weighted by molar-refractivity contribution is -0.138. The summed E-state index contributed by atoms with van der Waals surface area (Å²) < 4.78 is 5.46. The smallest absolute Gasteiger partial charge is 0.321 e. The Kier molecular flexibility index (Phi) is 2.57. The van der Waals surface area contributed by atoms with Crippen molar-refractivity contribution in [1.29, 1.82) is 0 Å². The fourth-order valence-corrected chi connectivity index (χ4v) is 3.24. The molecule has 5 heteroatoms. The Hall–Kier alpha value is -1.46. The quantitative estimate of drug-likeness (QED) is 0.854. The molecule has 0 amide bonds. The van der Waals surface area contributed by atoms with Crippen LogP contribution in [0.2, 0.25) is 0 Å². The zero-order valence-corrected chi connectivity index (χ0v) is 9.74. The highest BCUT2D eigenvalue weighted by Crippen LogP contribution is 2.37. The van der Waals surface area contributed by atoms with Gasteiger partial charge in [0.25, 0.3) is 0 Å². The molecule has 1 saturated heterocycles. The summed E-state index contributed by atoms with van der Waals surface area (Å²) in [5.41, 5.74) is 1.86. The molecule has 0 radical (unpaired) electrons. The summed E-state index contributed by atoms with van der Waals surface area (Å²) in [6, 6.07) is 7.30. The number of benzene rings is 1. The van der Waals surface area contributed by atoms with Gasteiger partial charge in [-0.2, -0.15) is 0 Å². The zero-order valence-electron chi connectivity index (χ0n) is 8.92. The fraction of sp³-hybridized carbons (Fsp3) is 0.250. The summed E-state index contributed by atoms with van der Waals surface area (Å²) in [6.07, 6.45) is 1.71. The average molecular weight is 249 g/mol. The first kappa shape index (κ1) is 10.7. The molecule has 1 unspecified atom stereocenters. The second-order valence-corrected chi connectivity index (χ2v) is 5.10. The van der Waals surface area contributed by atoms with Gasteiger partial charge in [-0.1, -0.05) is 18.2 Å². The number of carboxylic acid groups (broad SMARTS) is 1. The van der Waals surface area contributed by atoms with Crippen molar-refractivity contribution in [1.82, 2.24) is 5.32 Å². The molecule has 2 heterocycles. The van der Waals surface area contributed by atoms with Crippen LogP contribution in [-0.4, -0.2) is 22.9 Å². The first-order chi connectivity index (χ1) is 8.25. The minimum atomic E-state index is -0.798. The van der Waals surface area contributed by atoms with Gasteiger partial charge in [0.2, 0.25) is 0 Å². The van der Waals surface area contributed by atoms with Gasteiger partial charge in [0, 0.05) is 16.7 Å². The summed E-state index contributed by atoms with van der Waals surface area (Å²) in [4.78, 5) is 10.9. The molecule has 88 valence electrons. The number of para-hydroxylation sites is 1. The van der Waals surface area contributed by atoms with Crippen molar-refractivity contribution in [2.45, 2.75) is 11.4 Å². The average Bonchev–Trinajstić information content (AvgIpc) is 2.95. The third-order valence-corrected chi connectivity index (χ3v) is 4.12. The Morgan fingerprint density at radius 3 is 3.06 bits per heavy atom. The summed E-state index contributed by atoms with van der Waals surface area (Å²) in [5, 5.41) is 13.1. The highest BCUT2D eigenvalue weighted by Gasteiger charge is 2.31. The predicted octanol–water partition coefficient (Wildman–Crippen LogP) is 2.22. The van der Waals surface area contributed by atoms with Crippen molar-refractivity contribution in [3.8, 4) is 0 Å². The number of fused-ring (bicyclic) bond motifs is 1. The van der Waals surface area contributed by atoms with E-state index in [0.29, 0.717) is 5.75 Å². The number of aliphatic carboxylic acids is 1. The topological polar surface area (TPSA) is 62.5 Å². The Bertz CT molecular complexity index is 566. The van der Waals surface area contributed by atoms with Gasteiger partial charge in [0.05, 0.1) is 11.6 Å². The van der Waals surface area contributed by atoms with E-state index in [0.717, 1.165) is 16.5 Å². The van der Waals surface area contributed by atoms with Crippen molar-refractivity contribution < 1.29 is 14.3 Å². The molecule has 0 aliphatic carbocycles. The highest BCUT2D eigenvalue weighted by molar-refractivity contribution is 7.99. The number of furan rings is 1. The standard InChI is InChI=1S/C12H11NO3S/c14-12(15)9-6-17-11(13-9)8-5-16-10-4-2-1-3-7(8)10/h1-5,9,11,13H,6H2,(H,14,15)/t9-,11?/m0/s1. The van der Waals surface area contributed by atoms with Gasteiger partial charge in [-0.25, -0.2) is 0 Å². The summed E-state index contributed by atoms with van der Waals surface area (Å²) in [7, 11) is 0. The predicted molar refractivity (Wildman–Crippen MR) is 66.0 cm³/mol. The number of rotatable bonds is 2. The highest BCUT2D eigenvalue weighted by atomic mass is 32.2. The van der Waals surface area contributed by atoms with Crippen LogP contribution in [0.5, 0.6) is 0 Å². The molecule has 3 rings (SSSR count). The molecule has 2 aromatic rings. The number of carboxylic acids is 1. The van der Waals surface area contributed by atoms with Gasteiger partial charge in [-0.05, 0) is 6.07 Å². The van der Waals surface area contributed by atoms with Gasteiger partial charge in [-0.3, -0.25) is 10.1 Å². The molecule has 0 spiro atoms. The normalized spacial score (nSPS) is 24.2. The van der Waals surface area contributed by atoms with Crippen molar-refractivity contribution in [2.75, 3.05) is 5.75 Å². The maximum Gasteiger partial charge on any atom is 0.321 e. The number of thioether (sulfide) groups is 1. The van der Waals surface area contributed by atoms with Crippen molar-refractivity contribution in [2.24, 2.45) is 0 Å². The Labute approximate surface area is 102 Å². The number of carbonyl (C=O) groups is 1. The molecular weight excluding hydrogens is 238 g/mol. The first-order valence-corrected chi connectivity index (χ1v) is 6.37. The molecule has 1 aromatic carbocycles. The van der Waals surface area contributed by atoms with Gasteiger partial charge < -0.3 is 9.52 Å². The second kappa shape index (κ2) is 4.09. The molecule has 0 saturated carbocycles. The van der Waals surface area contributed by atoms with E-state index in [1.165, 1.54) is 0 Å². The van der Waals surface area contributed by atoms with E-state index in [2.05, 4.69) is 5.32 Å². The Morgan fingerprint density at radius 1 is 1.47 bits per heavy atom. The van der Waals surface area contributed by atoms with Crippen molar-refractivity contribution >= 4 is 28.7 Å². The van der Waals surface area contributed by atoms with Crippen LogP contribution in [0.4, 0.5) is 0 Å². The van der Waals surface area contributed by atoms with Crippen LogP contribution < -0.4 is 5.32 Å². The van der Waals surface area contributed by atoms with Crippen LogP contribution in [0.25, 0.3) is 11.0 Å². The summed E-state index contributed by atoms with van der Waals surface area (Å²) in [6.45, 7) is 0. The van der Waals surface area contributed by atoms with E-state index in [1.807, 2.05) is 24.3 Å². The molecule has 1 aliphatic heterocycles. The molecule has 17 heavy (non-hydrogen) atoms. The monoisotopic (exact) mass is 249 g/mol. The minimum Gasteiger partial charge on any atom is -0.480 e. The van der Waals surface area contributed by atoms with Gasteiger partial charge >= 0.3 is 5.97 Å². The fourth-order valence-electron chi connectivity index (χ4n) is 1.99. The van der Waals surface area contributed by atoms with Crippen LogP contribution in [-0.2, 0) is 4.79 Å². The van der Waals surface area contributed by atoms with E-state index >= 15 is 0 Å². The number of hydrogen-bond acceptors (Lipinski definition) is 4. The lowest BCUT2D eigenvalue weighted by atomic mass is 10.1. The lowest BCUT2D eigenvalue weighted by Gasteiger charge is -2.08. The largest absolute Gasteiger partial charge is 0.480 e. The van der Waals surface area contributed by atoms with E-state index in [4.69, 9.17) is 9.52 Å². The molecule has 1 fully saturated rings. The molecule has 1 aliphatic rings. The minimum absolute atomic E-state index is 0.000231. The van der Waals surface area contributed by atoms with Crippen molar-refractivity contribution in [3.05, 3.63) is 36.1 Å². The summed E-state index contributed by atoms with van der Waals surface area (Å²) >= 11 is 1.60. The second-order valence-electron chi connectivity index (χ2n) is 3.96. The number of nitrogens with one attached hydrogen (secondary N) is 1. The molecule has 2 N–H and O–H groups in total. The van der Waals surface area contributed by atoms with E-state index in [1.54, 1.807) is 18.0 Å². The Balaban J connectivity index is 1.93. The first-order valence-electron chi connectivity index (χ1n) is 5.32. The maximum atomic E-state index is 10.9. The van der Waals surface area contributed by atoms with Crippen LogP contribution >= 0.6 is 11.8 Å². The SMILES string of the molecule is O=C(O)[C@@H]1CSC(c2coc3ccccc23)N1. The van der Waals surface area contributed by atoms with Crippen LogP contribution in [0.1, 0.15) is 10.9 Å². The van der Waals surface area contributed by atoms with Crippen LogP contribution in [0, 0.1) is 0 Å². The van der Waals surface area contributed by atoms with E-state index < -0.39 is 12.0 Å². The maximum absolute atomic E-state index is 10.9. The Morgan fingerprint density at radius 2 is 2.29 bits per heavy atom. The zero-order chi connectivity index (χ0) is 11.8. The van der Waals surface area contributed by atoms with E-state index in [9.17, 15) is 4.79 Å². The molecule has 4 nitrogen and oxygen atoms in total. The molecule has 2 atom stereocenters. The third-order valence-electron chi connectivity index (χ3n) is 2.87. The van der Waals surface area contributed by atoms with E-state index in [-0.39, 0.29) is 5.37 Å². The van der Waals surface area contributed by atoms with Gasteiger partial charge in [0.15, 0.2) is 0 Å². The lowest BCUT2D eigenvalue weighted by Crippen LogP contribution is -2.33. The van der Waals surface area contributed by atoms with Crippen LogP contribution in [0.15, 0.2) is 34.9 Å². The van der Waals surface area contributed by atoms with Gasteiger partial charge in [0.1, 0.15) is 11.6 Å². The van der Waals surface area contributed by atoms with Crippen LogP contribution in [0.3, 0.4) is 0 Å². The molecule has 0 bridgehead atoms. The third kappa shape index (κ3) is 1.81. The van der Waals surface area contributed by atoms with Crippen molar-refractivity contribution in [3.63, 3.8) is 0 Å². The molecular formula is C12H11NO3S. The number of hydrogen-bond donors (Lipinski definition) is 2.